The Morgan fingerprint density at radius 3 is 2.68 bits per heavy atom. The molecule has 7 nitrogen and oxygen atoms in total. The van der Waals surface area contributed by atoms with Crippen molar-refractivity contribution >= 4 is 23.5 Å². The normalized spacial score (nSPS) is 11.8. The lowest BCUT2D eigenvalue weighted by Crippen LogP contribution is -2.27. The van der Waals surface area contributed by atoms with E-state index in [4.69, 9.17) is 4.52 Å². The van der Waals surface area contributed by atoms with Gasteiger partial charge in [-0.25, -0.2) is 15.0 Å². The van der Waals surface area contributed by atoms with Gasteiger partial charge in [-0.2, -0.15) is 0 Å². The highest BCUT2D eigenvalue weighted by molar-refractivity contribution is 7.99. The monoisotopic (exact) mass is 279 g/mol. The molecule has 8 heteroatoms. The lowest BCUT2D eigenvalue weighted by Gasteiger charge is -2.08. The third kappa shape index (κ3) is 4.02. The van der Waals surface area contributed by atoms with Gasteiger partial charge < -0.3 is 5.11 Å². The highest BCUT2D eigenvalue weighted by Crippen LogP contribution is 2.14. The van der Waals surface area contributed by atoms with Crippen LogP contribution in [0.5, 0.6) is 0 Å². The van der Waals surface area contributed by atoms with Gasteiger partial charge in [-0.3, -0.25) is 4.52 Å². The summed E-state index contributed by atoms with van der Waals surface area (Å²) in [6, 6.07) is 1.88. The van der Waals surface area contributed by atoms with E-state index in [1.807, 2.05) is 19.9 Å². The van der Waals surface area contributed by atoms with Crippen LogP contribution < -0.4 is 9.79 Å². The summed E-state index contributed by atoms with van der Waals surface area (Å²) in [5, 5.41) is 15.8. The van der Waals surface area contributed by atoms with Crippen molar-refractivity contribution in [2.24, 2.45) is 12.0 Å². The average Bonchev–Trinajstić information content (AvgIpc) is 2.71. The second-order valence-electron chi connectivity index (χ2n) is 3.94. The van der Waals surface area contributed by atoms with E-state index in [9.17, 15) is 5.11 Å². The lowest BCUT2D eigenvalue weighted by atomic mass is 10.4. The van der Waals surface area contributed by atoms with Crippen molar-refractivity contribution in [1.82, 2.24) is 15.2 Å². The Balaban J connectivity index is 2.00. The molecule has 2 aromatic heterocycles. The van der Waals surface area contributed by atoms with E-state index in [0.717, 1.165) is 11.4 Å². The lowest BCUT2D eigenvalue weighted by molar-refractivity contribution is -0.739. The Kier molecular flexibility index (Phi) is 4.10. The van der Waals surface area contributed by atoms with E-state index in [1.54, 1.807) is 7.05 Å². The molecule has 2 aromatic rings. The summed E-state index contributed by atoms with van der Waals surface area (Å²) in [6.07, 6.45) is 1.52. The zero-order valence-corrected chi connectivity index (χ0v) is 11.6. The van der Waals surface area contributed by atoms with Gasteiger partial charge in [-0.15, -0.1) is 0 Å². The summed E-state index contributed by atoms with van der Waals surface area (Å²) >= 11 is 1.25. The zero-order chi connectivity index (χ0) is 13.8. The number of thioether (sulfide) groups is 1. The van der Waals surface area contributed by atoms with Crippen LogP contribution in [-0.2, 0) is 7.05 Å². The fourth-order valence-electron chi connectivity index (χ4n) is 1.40. The molecule has 0 aliphatic heterocycles. The molecule has 19 heavy (non-hydrogen) atoms. The van der Waals surface area contributed by atoms with Gasteiger partial charge >= 0.3 is 5.88 Å². The number of hydrogen-bond donors (Lipinski definition) is 0. The van der Waals surface area contributed by atoms with Crippen molar-refractivity contribution in [3.05, 3.63) is 23.7 Å². The third-order valence-corrected chi connectivity index (χ3v) is 2.91. The second-order valence-corrected chi connectivity index (χ2v) is 4.88. The number of aromatic nitrogens is 4. The van der Waals surface area contributed by atoms with E-state index in [2.05, 4.69) is 20.2 Å². The molecule has 0 amide bonds. The predicted molar refractivity (Wildman–Crippen MR) is 67.0 cm³/mol. The molecule has 0 aliphatic carbocycles. The van der Waals surface area contributed by atoms with Crippen molar-refractivity contribution < 1.29 is 14.3 Å². The average molecular weight is 279 g/mol. The summed E-state index contributed by atoms with van der Waals surface area (Å²) in [7, 11) is 1.69. The molecule has 0 bridgehead atoms. The highest BCUT2D eigenvalue weighted by atomic mass is 32.2. The van der Waals surface area contributed by atoms with E-state index >= 15 is 0 Å². The molecule has 0 unspecified atom stereocenters. The van der Waals surface area contributed by atoms with Crippen molar-refractivity contribution in [3.8, 4) is 0 Å². The number of aliphatic imine (C=N–C) groups is 1. The Hall–Kier alpha value is -1.96. The van der Waals surface area contributed by atoms with Crippen LogP contribution in [0, 0.1) is 13.8 Å². The Bertz CT molecular complexity index is 591. The second kappa shape index (κ2) is 5.79. The Morgan fingerprint density at radius 1 is 1.42 bits per heavy atom. The minimum atomic E-state index is -0.315. The highest BCUT2D eigenvalue weighted by Gasteiger charge is 2.05. The number of hydrogen-bond acceptors (Lipinski definition) is 7. The van der Waals surface area contributed by atoms with Crippen molar-refractivity contribution in [3.63, 3.8) is 0 Å². The van der Waals surface area contributed by atoms with Crippen molar-refractivity contribution in [2.75, 3.05) is 5.75 Å². The first-order chi connectivity index (χ1) is 9.02. The minimum absolute atomic E-state index is 0.160. The maximum absolute atomic E-state index is 11.6. The molecule has 0 saturated carbocycles. The van der Waals surface area contributed by atoms with Gasteiger partial charge in [-0.1, -0.05) is 16.4 Å². The smallest absolute Gasteiger partial charge is 0.320 e. The van der Waals surface area contributed by atoms with Gasteiger partial charge in [0.1, 0.15) is 0 Å². The Morgan fingerprint density at radius 2 is 2.11 bits per heavy atom. The third-order valence-electron chi connectivity index (χ3n) is 2.08. The maximum atomic E-state index is 11.6. The number of nitrogens with zero attached hydrogens (tertiary/aromatic N) is 5. The van der Waals surface area contributed by atoms with Gasteiger partial charge in [0.15, 0.2) is 17.5 Å². The SMILES string of the molecule is Cc1cc(C)nc(SC/C([O-])=N\c2c[n+](C)no2)n1. The van der Waals surface area contributed by atoms with Gasteiger partial charge in [-0.05, 0) is 25.8 Å². The molecule has 100 valence electrons. The van der Waals surface area contributed by atoms with Gasteiger partial charge in [0.25, 0.3) is 6.20 Å². The molecule has 0 N–H and O–H groups in total. The van der Waals surface area contributed by atoms with Crippen LogP contribution in [0.1, 0.15) is 11.4 Å². The van der Waals surface area contributed by atoms with Crippen LogP contribution in [0.25, 0.3) is 0 Å². The summed E-state index contributed by atoms with van der Waals surface area (Å²) in [5.74, 6) is 0.0341. The zero-order valence-electron chi connectivity index (χ0n) is 10.8. The molecule has 0 fully saturated rings. The molecular weight excluding hydrogens is 266 g/mol. The largest absolute Gasteiger partial charge is 0.861 e. The first-order valence-electron chi connectivity index (χ1n) is 5.55. The Labute approximate surface area is 114 Å². The molecule has 0 spiro atoms. The molecule has 0 saturated heterocycles. The van der Waals surface area contributed by atoms with Crippen LogP contribution in [0.4, 0.5) is 5.88 Å². The fraction of sp³-hybridized carbons (Fsp3) is 0.364. The van der Waals surface area contributed by atoms with E-state index in [-0.39, 0.29) is 17.5 Å². The summed E-state index contributed by atoms with van der Waals surface area (Å²) in [5.41, 5.74) is 1.75. The van der Waals surface area contributed by atoms with Crippen LogP contribution >= 0.6 is 11.8 Å². The molecule has 0 aliphatic rings. The first kappa shape index (κ1) is 13.5. The summed E-state index contributed by atoms with van der Waals surface area (Å²) < 4.78 is 6.25. The van der Waals surface area contributed by atoms with E-state index < -0.39 is 0 Å². The minimum Gasteiger partial charge on any atom is -0.861 e. The van der Waals surface area contributed by atoms with E-state index in [0.29, 0.717) is 5.16 Å². The van der Waals surface area contributed by atoms with Crippen molar-refractivity contribution in [2.45, 2.75) is 19.0 Å². The molecule has 0 aromatic carbocycles. The summed E-state index contributed by atoms with van der Waals surface area (Å²) in [6.45, 7) is 3.78. The maximum Gasteiger partial charge on any atom is 0.320 e. The summed E-state index contributed by atoms with van der Waals surface area (Å²) in [4.78, 5) is 12.2. The molecule has 0 radical (unpaired) electrons. The number of aryl methyl sites for hydroxylation is 3. The predicted octanol–water partition coefficient (Wildman–Crippen LogP) is 0.0885. The van der Waals surface area contributed by atoms with Crippen LogP contribution in [0.2, 0.25) is 0 Å². The number of rotatable bonds is 4. The van der Waals surface area contributed by atoms with E-state index in [1.165, 1.54) is 22.6 Å². The van der Waals surface area contributed by atoms with Crippen LogP contribution in [-0.4, -0.2) is 26.9 Å². The topological polar surface area (TPSA) is 91.1 Å². The van der Waals surface area contributed by atoms with Crippen LogP contribution in [0.3, 0.4) is 0 Å². The van der Waals surface area contributed by atoms with Gasteiger partial charge in [0.05, 0.1) is 0 Å². The van der Waals surface area contributed by atoms with Crippen LogP contribution in [0.15, 0.2) is 26.9 Å². The first-order valence-corrected chi connectivity index (χ1v) is 6.54. The van der Waals surface area contributed by atoms with Gasteiger partial charge in [0, 0.05) is 17.1 Å². The molecule has 0 atom stereocenters. The molecule has 2 rings (SSSR count). The quantitative estimate of drug-likeness (QED) is 0.259. The standard InChI is InChI=1S/C11H13N5O2S/c1-7-4-8(2)13-11(12-7)19-6-9(17)14-10-5-16(3)15-18-10/h4-5H,6H2,1-3H3. The fourth-order valence-corrected chi connectivity index (χ4v) is 2.14. The molecule has 2 heterocycles. The van der Waals surface area contributed by atoms with Gasteiger partial charge in [0.2, 0.25) is 0 Å². The molecular formula is C11H13N5O2S. The van der Waals surface area contributed by atoms with Crippen molar-refractivity contribution in [1.29, 1.82) is 0 Å².